The number of carbonyl (C=O) groups excluding carboxylic acids is 1. The quantitative estimate of drug-likeness (QED) is 0.268. The van der Waals surface area contributed by atoms with Gasteiger partial charge in [-0.2, -0.15) is 0 Å². The summed E-state index contributed by atoms with van der Waals surface area (Å²) >= 11 is 4.64. The molecule has 0 aliphatic heterocycles. The second kappa shape index (κ2) is 8.57. The number of aliphatic hydroxyl groups excluding tert-OH is 4. The minimum absolute atomic E-state index is 0.0809. The van der Waals surface area contributed by atoms with E-state index in [2.05, 4.69) is 11.6 Å². The van der Waals surface area contributed by atoms with Crippen LogP contribution in [0.4, 0.5) is 0 Å². The SMILES string of the molecule is CCl.O=CC(O)C(O)C(O)C(O)C(=O)O. The minimum Gasteiger partial charge on any atom is -0.479 e. The van der Waals surface area contributed by atoms with Crippen molar-refractivity contribution >= 4 is 23.9 Å². The molecule has 0 saturated heterocycles. The predicted molar refractivity (Wildman–Crippen MR) is 49.5 cm³/mol. The molecule has 0 aromatic heterocycles. The zero-order valence-corrected chi connectivity index (χ0v) is 8.57. The Morgan fingerprint density at radius 1 is 1.13 bits per heavy atom. The standard InChI is InChI=1S/C6H10O7.CH3Cl/c7-1-2(8)3(9)4(10)5(11)6(12)13;1-2/h1-5,8-11H,(H,12,13);1H3. The lowest BCUT2D eigenvalue weighted by Gasteiger charge is -2.21. The van der Waals surface area contributed by atoms with E-state index in [1.165, 1.54) is 6.38 Å². The van der Waals surface area contributed by atoms with Gasteiger partial charge >= 0.3 is 5.97 Å². The van der Waals surface area contributed by atoms with Gasteiger partial charge in [0.1, 0.15) is 18.3 Å². The molecule has 4 unspecified atom stereocenters. The predicted octanol–water partition coefficient (Wildman–Crippen LogP) is -2.43. The van der Waals surface area contributed by atoms with Gasteiger partial charge in [-0.1, -0.05) is 0 Å². The van der Waals surface area contributed by atoms with Crippen molar-refractivity contribution in [1.82, 2.24) is 0 Å². The molecule has 0 radical (unpaired) electrons. The molecule has 0 bridgehead atoms. The summed E-state index contributed by atoms with van der Waals surface area (Å²) in [5.74, 6) is -1.76. The first kappa shape index (κ1) is 16.7. The van der Waals surface area contributed by atoms with Crippen LogP contribution in [0.2, 0.25) is 0 Å². The van der Waals surface area contributed by atoms with Crippen molar-refractivity contribution in [2.45, 2.75) is 24.4 Å². The molecule has 0 spiro atoms. The van der Waals surface area contributed by atoms with Crippen LogP contribution < -0.4 is 0 Å². The number of carbonyl (C=O) groups is 2. The second-order valence-corrected chi connectivity index (χ2v) is 2.39. The average molecular weight is 245 g/mol. The van der Waals surface area contributed by atoms with Gasteiger partial charge in [0.05, 0.1) is 0 Å². The Balaban J connectivity index is 0. The maximum atomic E-state index is 10.1. The molecule has 0 fully saturated rings. The summed E-state index contributed by atoms with van der Waals surface area (Å²) in [6.07, 6.45) is -6.92. The lowest BCUT2D eigenvalue weighted by Crippen LogP contribution is -2.48. The lowest BCUT2D eigenvalue weighted by atomic mass is 10.0. The van der Waals surface area contributed by atoms with Crippen molar-refractivity contribution in [2.24, 2.45) is 0 Å². The highest BCUT2D eigenvalue weighted by Gasteiger charge is 2.33. The van der Waals surface area contributed by atoms with Crippen LogP contribution in [-0.4, -0.2) is 68.6 Å². The summed E-state index contributed by atoms with van der Waals surface area (Å²) in [6, 6.07) is 0. The first-order chi connectivity index (χ1) is 6.91. The molecule has 8 heteroatoms. The maximum Gasteiger partial charge on any atom is 0.335 e. The van der Waals surface area contributed by atoms with Gasteiger partial charge in [0.2, 0.25) is 0 Å². The van der Waals surface area contributed by atoms with E-state index in [0.29, 0.717) is 0 Å². The normalized spacial score (nSPS) is 17.7. The van der Waals surface area contributed by atoms with Crippen molar-refractivity contribution in [3.63, 3.8) is 0 Å². The van der Waals surface area contributed by atoms with E-state index in [0.717, 1.165) is 0 Å². The highest BCUT2D eigenvalue weighted by atomic mass is 35.5. The average Bonchev–Trinajstić information content (AvgIpc) is 2.27. The fraction of sp³-hybridized carbons (Fsp3) is 0.714. The Morgan fingerprint density at radius 2 is 1.53 bits per heavy atom. The molecule has 0 aromatic rings. The molecular weight excluding hydrogens is 232 g/mol. The third-order valence-corrected chi connectivity index (χ3v) is 1.42. The summed E-state index contributed by atoms with van der Waals surface area (Å²) in [5.41, 5.74) is 0. The first-order valence-corrected chi connectivity index (χ1v) is 4.45. The molecule has 0 saturated carbocycles. The number of aldehydes is 1. The Morgan fingerprint density at radius 3 is 1.80 bits per heavy atom. The topological polar surface area (TPSA) is 135 Å². The molecule has 4 atom stereocenters. The molecule has 0 aliphatic carbocycles. The summed E-state index contributed by atoms with van der Waals surface area (Å²) in [6.45, 7) is 0. The third kappa shape index (κ3) is 5.65. The van der Waals surface area contributed by atoms with Gasteiger partial charge in [0, 0.05) is 6.38 Å². The minimum atomic E-state index is -2.25. The molecule has 0 rings (SSSR count). The van der Waals surface area contributed by atoms with E-state index < -0.39 is 30.4 Å². The monoisotopic (exact) mass is 244 g/mol. The summed E-state index contributed by atoms with van der Waals surface area (Å²) in [7, 11) is 0. The molecule has 0 amide bonds. The Labute approximate surface area is 90.5 Å². The molecule has 5 N–H and O–H groups in total. The highest BCUT2D eigenvalue weighted by Crippen LogP contribution is 2.03. The van der Waals surface area contributed by atoms with Gasteiger partial charge in [-0.05, 0) is 0 Å². The third-order valence-electron chi connectivity index (χ3n) is 1.42. The Kier molecular flexibility index (Phi) is 9.53. The van der Waals surface area contributed by atoms with Crippen molar-refractivity contribution < 1.29 is 35.1 Å². The molecule has 0 aliphatic rings. The van der Waals surface area contributed by atoms with Gasteiger partial charge in [-0.15, -0.1) is 11.6 Å². The molecule has 0 heterocycles. The summed E-state index contributed by atoms with van der Waals surface area (Å²) in [5, 5.41) is 43.2. The van der Waals surface area contributed by atoms with Gasteiger partial charge in [-0.3, -0.25) is 0 Å². The second-order valence-electron chi connectivity index (χ2n) is 2.39. The lowest BCUT2D eigenvalue weighted by molar-refractivity contribution is -0.163. The number of rotatable bonds is 5. The number of halogens is 1. The smallest absolute Gasteiger partial charge is 0.335 e. The van der Waals surface area contributed by atoms with E-state index in [4.69, 9.17) is 25.5 Å². The molecule has 15 heavy (non-hydrogen) atoms. The number of carboxylic acid groups (broad SMARTS) is 1. The van der Waals surface area contributed by atoms with E-state index in [1.807, 2.05) is 0 Å². The van der Waals surface area contributed by atoms with Gasteiger partial charge in [-0.25, -0.2) is 4.79 Å². The molecule has 90 valence electrons. The molecule has 0 aromatic carbocycles. The van der Waals surface area contributed by atoms with Crippen molar-refractivity contribution in [3.05, 3.63) is 0 Å². The van der Waals surface area contributed by atoms with Crippen LogP contribution in [0.15, 0.2) is 0 Å². The van der Waals surface area contributed by atoms with E-state index in [1.54, 1.807) is 0 Å². The number of aliphatic carboxylic acids is 1. The van der Waals surface area contributed by atoms with Crippen molar-refractivity contribution in [1.29, 1.82) is 0 Å². The number of aliphatic hydroxyl groups is 4. The summed E-state index contributed by atoms with van der Waals surface area (Å²) < 4.78 is 0. The van der Waals surface area contributed by atoms with E-state index in [-0.39, 0.29) is 6.29 Å². The zero-order valence-electron chi connectivity index (χ0n) is 7.82. The zero-order chi connectivity index (χ0) is 12.6. The maximum absolute atomic E-state index is 10.1. The van der Waals surface area contributed by atoms with Gasteiger partial charge < -0.3 is 30.3 Å². The number of hydrogen-bond donors (Lipinski definition) is 5. The van der Waals surface area contributed by atoms with E-state index in [9.17, 15) is 9.59 Å². The van der Waals surface area contributed by atoms with Crippen LogP contribution in [0.5, 0.6) is 0 Å². The molecular formula is C7H13ClO7. The van der Waals surface area contributed by atoms with Crippen LogP contribution >= 0.6 is 11.6 Å². The Hall–Kier alpha value is -0.730. The van der Waals surface area contributed by atoms with Crippen LogP contribution in [0.3, 0.4) is 0 Å². The largest absolute Gasteiger partial charge is 0.479 e. The van der Waals surface area contributed by atoms with Crippen LogP contribution in [-0.2, 0) is 9.59 Å². The number of carboxylic acids is 1. The van der Waals surface area contributed by atoms with E-state index >= 15 is 0 Å². The number of alkyl halides is 1. The highest BCUT2D eigenvalue weighted by molar-refractivity contribution is 6.15. The first-order valence-electron chi connectivity index (χ1n) is 3.70. The van der Waals surface area contributed by atoms with Crippen LogP contribution in [0.25, 0.3) is 0 Å². The van der Waals surface area contributed by atoms with Gasteiger partial charge in [0.25, 0.3) is 0 Å². The van der Waals surface area contributed by atoms with Crippen LogP contribution in [0.1, 0.15) is 0 Å². The molecule has 7 nitrogen and oxygen atoms in total. The van der Waals surface area contributed by atoms with Crippen LogP contribution in [0, 0.1) is 0 Å². The fourth-order valence-corrected chi connectivity index (χ4v) is 0.615. The van der Waals surface area contributed by atoms with Crippen molar-refractivity contribution in [2.75, 3.05) is 6.38 Å². The number of hydrogen-bond acceptors (Lipinski definition) is 6. The fourth-order valence-electron chi connectivity index (χ4n) is 0.615. The van der Waals surface area contributed by atoms with Crippen molar-refractivity contribution in [3.8, 4) is 0 Å². The van der Waals surface area contributed by atoms with Gasteiger partial charge in [0.15, 0.2) is 12.4 Å². The summed E-state index contributed by atoms with van der Waals surface area (Å²) in [4.78, 5) is 20.0. The Bertz CT molecular complexity index is 198.